The molecule has 1 aromatic carbocycles. The van der Waals surface area contributed by atoms with E-state index in [-0.39, 0.29) is 11.2 Å². The molecule has 0 radical (unpaired) electrons. The monoisotopic (exact) mass is 342 g/mol. The van der Waals surface area contributed by atoms with Gasteiger partial charge >= 0.3 is 0 Å². The fraction of sp³-hybridized carbons (Fsp3) is 0.500. The van der Waals surface area contributed by atoms with Crippen molar-refractivity contribution in [1.29, 1.82) is 0 Å². The number of nitrogens with zero attached hydrogens (tertiary/aromatic N) is 4. The molecule has 0 spiro atoms. The molecule has 0 N–H and O–H groups in total. The van der Waals surface area contributed by atoms with Crippen molar-refractivity contribution in [3.8, 4) is 0 Å². The first-order chi connectivity index (χ1) is 11.7. The second kappa shape index (κ2) is 6.59. The molecule has 2 aliphatic rings. The van der Waals surface area contributed by atoms with Crippen molar-refractivity contribution in [2.75, 3.05) is 13.1 Å². The van der Waals surface area contributed by atoms with Gasteiger partial charge in [-0.15, -0.1) is 10.2 Å². The highest BCUT2D eigenvalue weighted by Crippen LogP contribution is 2.42. The Labute approximate surface area is 146 Å². The summed E-state index contributed by atoms with van der Waals surface area (Å²) in [5.41, 5.74) is 1.04. The molecule has 6 heteroatoms. The Morgan fingerprint density at radius 3 is 2.54 bits per heavy atom. The Kier molecular flexibility index (Phi) is 4.31. The first-order valence-electron chi connectivity index (χ1n) is 8.63. The smallest absolute Gasteiger partial charge is 0.240 e. The lowest BCUT2D eigenvalue weighted by Crippen LogP contribution is -2.31. The predicted molar refractivity (Wildman–Crippen MR) is 93.8 cm³/mol. The van der Waals surface area contributed by atoms with Crippen LogP contribution in [0.1, 0.15) is 48.2 Å². The van der Waals surface area contributed by atoms with Gasteiger partial charge in [0.15, 0.2) is 5.16 Å². The molecular formula is C18H22N4OS. The van der Waals surface area contributed by atoms with Crippen molar-refractivity contribution < 1.29 is 4.79 Å². The minimum Gasteiger partial charge on any atom is -0.341 e. The molecule has 1 unspecified atom stereocenters. The first kappa shape index (κ1) is 15.7. The lowest BCUT2D eigenvalue weighted by atomic mass is 10.1. The number of hydrogen-bond donors (Lipinski definition) is 0. The first-order valence-corrected chi connectivity index (χ1v) is 9.51. The second-order valence-electron chi connectivity index (χ2n) is 6.62. The highest BCUT2D eigenvalue weighted by molar-refractivity contribution is 8.00. The third-order valence-corrected chi connectivity index (χ3v) is 6.05. The number of hydrogen-bond acceptors (Lipinski definition) is 4. The number of thioether (sulfide) groups is 1. The van der Waals surface area contributed by atoms with Gasteiger partial charge in [-0.1, -0.05) is 42.1 Å². The second-order valence-corrected chi connectivity index (χ2v) is 7.69. The van der Waals surface area contributed by atoms with Gasteiger partial charge < -0.3 is 9.47 Å². The zero-order valence-electron chi connectivity index (χ0n) is 13.9. The van der Waals surface area contributed by atoms with Crippen molar-refractivity contribution in [3.63, 3.8) is 0 Å². The summed E-state index contributed by atoms with van der Waals surface area (Å²) in [5.74, 6) is 1.80. The molecule has 1 atom stereocenters. The number of aromatic nitrogens is 3. The number of carbonyl (C=O) groups is 1. The van der Waals surface area contributed by atoms with Crippen molar-refractivity contribution in [1.82, 2.24) is 19.7 Å². The van der Waals surface area contributed by atoms with E-state index in [4.69, 9.17) is 0 Å². The molecule has 2 fully saturated rings. The molecule has 24 heavy (non-hydrogen) atoms. The maximum absolute atomic E-state index is 13.1. The summed E-state index contributed by atoms with van der Waals surface area (Å²) in [7, 11) is 2.01. The average molecular weight is 342 g/mol. The summed E-state index contributed by atoms with van der Waals surface area (Å²) in [5, 5.41) is 9.29. The molecule has 1 aromatic heterocycles. The van der Waals surface area contributed by atoms with Gasteiger partial charge in [0, 0.05) is 26.1 Å². The van der Waals surface area contributed by atoms with Crippen LogP contribution in [-0.2, 0) is 11.8 Å². The summed E-state index contributed by atoms with van der Waals surface area (Å²) in [6.45, 7) is 1.74. The van der Waals surface area contributed by atoms with Crippen LogP contribution < -0.4 is 0 Å². The standard InChI is InChI=1S/C18H22N4OS/c1-21-16(14-9-10-14)19-20-18(21)24-15(13-7-3-2-4-8-13)17(23)22-11-5-6-12-22/h2-4,7-8,14-15H,5-6,9-12H2,1H3. The van der Waals surface area contributed by atoms with Crippen LogP contribution in [-0.4, -0.2) is 38.7 Å². The van der Waals surface area contributed by atoms with Gasteiger partial charge in [-0.3, -0.25) is 4.79 Å². The summed E-state index contributed by atoms with van der Waals surface area (Å²) >= 11 is 1.53. The van der Waals surface area contributed by atoms with Crippen molar-refractivity contribution in [2.45, 2.75) is 42.0 Å². The van der Waals surface area contributed by atoms with Gasteiger partial charge in [0.05, 0.1) is 0 Å². The van der Waals surface area contributed by atoms with Crippen LogP contribution in [0.25, 0.3) is 0 Å². The van der Waals surface area contributed by atoms with Crippen LogP contribution in [0.15, 0.2) is 35.5 Å². The molecule has 2 aromatic rings. The van der Waals surface area contributed by atoms with Crippen molar-refractivity contribution in [3.05, 3.63) is 41.7 Å². The van der Waals surface area contributed by atoms with E-state index in [9.17, 15) is 4.79 Å². The summed E-state index contributed by atoms with van der Waals surface area (Å²) < 4.78 is 2.07. The minimum absolute atomic E-state index is 0.194. The number of likely N-dealkylation sites (tertiary alicyclic amines) is 1. The number of carbonyl (C=O) groups excluding carboxylic acids is 1. The summed E-state index contributed by atoms with van der Waals surface area (Å²) in [4.78, 5) is 15.1. The van der Waals surface area contributed by atoms with E-state index in [1.165, 1.54) is 24.6 Å². The van der Waals surface area contributed by atoms with E-state index in [0.29, 0.717) is 5.92 Å². The van der Waals surface area contributed by atoms with Crippen LogP contribution in [0.5, 0.6) is 0 Å². The molecule has 5 nitrogen and oxygen atoms in total. The van der Waals surface area contributed by atoms with Crippen LogP contribution in [0.3, 0.4) is 0 Å². The van der Waals surface area contributed by atoms with Crippen LogP contribution in [0.2, 0.25) is 0 Å². The lowest BCUT2D eigenvalue weighted by molar-refractivity contribution is -0.129. The normalized spacial score (nSPS) is 18.8. The molecule has 1 aliphatic heterocycles. The van der Waals surface area contributed by atoms with Crippen molar-refractivity contribution in [2.24, 2.45) is 7.05 Å². The predicted octanol–water partition coefficient (Wildman–Crippen LogP) is 3.15. The molecular weight excluding hydrogens is 320 g/mol. The van der Waals surface area contributed by atoms with Crippen LogP contribution in [0.4, 0.5) is 0 Å². The minimum atomic E-state index is -0.251. The van der Waals surface area contributed by atoms with Gasteiger partial charge in [-0.25, -0.2) is 0 Å². The molecule has 4 rings (SSSR count). The molecule has 126 valence electrons. The van der Waals surface area contributed by atoms with Crippen molar-refractivity contribution >= 4 is 17.7 Å². The topological polar surface area (TPSA) is 51.0 Å². The fourth-order valence-electron chi connectivity index (χ4n) is 3.22. The molecule has 1 saturated heterocycles. The zero-order valence-corrected chi connectivity index (χ0v) is 14.7. The SMILES string of the molecule is Cn1c(SC(C(=O)N2CCCC2)c2ccccc2)nnc1C1CC1. The van der Waals surface area contributed by atoms with E-state index < -0.39 is 0 Å². The third-order valence-electron chi connectivity index (χ3n) is 4.78. The zero-order chi connectivity index (χ0) is 16.5. The molecule has 2 heterocycles. The Morgan fingerprint density at radius 1 is 1.17 bits per heavy atom. The van der Waals surface area contributed by atoms with E-state index in [0.717, 1.165) is 42.5 Å². The lowest BCUT2D eigenvalue weighted by Gasteiger charge is -2.22. The Bertz CT molecular complexity index is 720. The molecule has 1 amide bonds. The van der Waals surface area contributed by atoms with Gasteiger partial charge in [0.2, 0.25) is 5.91 Å². The number of amides is 1. The Balaban J connectivity index is 1.61. The largest absolute Gasteiger partial charge is 0.341 e. The number of rotatable bonds is 5. The molecule has 0 bridgehead atoms. The van der Waals surface area contributed by atoms with E-state index in [1.54, 1.807) is 0 Å². The summed E-state index contributed by atoms with van der Waals surface area (Å²) in [6, 6.07) is 10.0. The van der Waals surface area contributed by atoms with Gasteiger partial charge in [0.1, 0.15) is 11.1 Å². The van der Waals surface area contributed by atoms with Gasteiger partial charge in [-0.05, 0) is 31.2 Å². The maximum atomic E-state index is 13.1. The highest BCUT2D eigenvalue weighted by atomic mass is 32.2. The Morgan fingerprint density at radius 2 is 1.88 bits per heavy atom. The third kappa shape index (κ3) is 3.07. The summed E-state index contributed by atoms with van der Waals surface area (Å²) in [6.07, 6.45) is 4.61. The molecule has 1 saturated carbocycles. The highest BCUT2D eigenvalue weighted by Gasteiger charge is 2.33. The van der Waals surface area contributed by atoms with E-state index in [1.807, 2.05) is 42.3 Å². The molecule has 1 aliphatic carbocycles. The number of benzene rings is 1. The van der Waals surface area contributed by atoms with Crippen LogP contribution in [0, 0.1) is 0 Å². The quantitative estimate of drug-likeness (QED) is 0.783. The van der Waals surface area contributed by atoms with E-state index in [2.05, 4.69) is 14.8 Å². The maximum Gasteiger partial charge on any atom is 0.240 e. The Hall–Kier alpha value is -1.82. The van der Waals surface area contributed by atoms with Crippen LogP contribution >= 0.6 is 11.8 Å². The average Bonchev–Trinajstić information content (AvgIpc) is 3.17. The fourth-order valence-corrected chi connectivity index (χ4v) is 4.32. The van der Waals surface area contributed by atoms with Gasteiger partial charge in [0.25, 0.3) is 0 Å². The van der Waals surface area contributed by atoms with E-state index >= 15 is 0 Å². The van der Waals surface area contributed by atoms with Gasteiger partial charge in [-0.2, -0.15) is 0 Å².